The lowest BCUT2D eigenvalue weighted by atomic mass is 9.75. The minimum atomic E-state index is -1.06. The van der Waals surface area contributed by atoms with Gasteiger partial charge in [0.1, 0.15) is 5.54 Å². The summed E-state index contributed by atoms with van der Waals surface area (Å²) in [7, 11) is 0. The first kappa shape index (κ1) is 15.1. The fraction of sp³-hybridized carbons (Fsp3) is 0.867. The summed E-state index contributed by atoms with van der Waals surface area (Å²) in [6.45, 7) is 2.14. The van der Waals surface area contributed by atoms with Crippen LogP contribution in [0, 0.1) is 5.92 Å². The highest BCUT2D eigenvalue weighted by Crippen LogP contribution is 2.34. The van der Waals surface area contributed by atoms with Crippen LogP contribution in [0.3, 0.4) is 0 Å². The van der Waals surface area contributed by atoms with Crippen LogP contribution in [0.25, 0.3) is 0 Å². The lowest BCUT2D eigenvalue weighted by molar-refractivity contribution is -0.146. The molecule has 0 atom stereocenters. The number of hydrogen-bond acceptors (Lipinski definition) is 2. The van der Waals surface area contributed by atoms with Gasteiger partial charge in [0.05, 0.1) is 0 Å². The Morgan fingerprint density at radius 2 is 1.75 bits per heavy atom. The van der Waals surface area contributed by atoms with Crippen molar-refractivity contribution in [1.82, 2.24) is 10.6 Å². The molecule has 0 aromatic carbocycles. The summed E-state index contributed by atoms with van der Waals surface area (Å²) in [5.74, 6) is -0.296. The summed E-state index contributed by atoms with van der Waals surface area (Å²) in [5.41, 5.74) is -1.06. The van der Waals surface area contributed by atoms with Crippen LogP contribution in [0.15, 0.2) is 0 Å². The summed E-state index contributed by atoms with van der Waals surface area (Å²) in [6, 6.07) is -0.0953. The topological polar surface area (TPSA) is 78.4 Å². The van der Waals surface area contributed by atoms with Gasteiger partial charge in [-0.05, 0) is 44.4 Å². The highest BCUT2D eigenvalue weighted by atomic mass is 16.4. The van der Waals surface area contributed by atoms with Gasteiger partial charge in [0.2, 0.25) is 0 Å². The van der Waals surface area contributed by atoms with Gasteiger partial charge in [-0.1, -0.05) is 26.2 Å². The second-order valence-electron chi connectivity index (χ2n) is 6.32. The van der Waals surface area contributed by atoms with Crippen LogP contribution in [0.5, 0.6) is 0 Å². The molecule has 0 saturated heterocycles. The molecule has 2 saturated carbocycles. The smallest absolute Gasteiger partial charge is 0.329 e. The summed E-state index contributed by atoms with van der Waals surface area (Å²) in [6.07, 6.45) is 8.23. The Hall–Kier alpha value is -1.26. The molecule has 3 N–H and O–H groups in total. The van der Waals surface area contributed by atoms with Crippen molar-refractivity contribution in [3.8, 4) is 0 Å². The quantitative estimate of drug-likeness (QED) is 0.741. The lowest BCUT2D eigenvalue weighted by Crippen LogP contribution is -2.59. The monoisotopic (exact) mass is 282 g/mol. The van der Waals surface area contributed by atoms with E-state index in [-0.39, 0.29) is 12.1 Å². The Balaban J connectivity index is 1.91. The van der Waals surface area contributed by atoms with Gasteiger partial charge < -0.3 is 15.7 Å². The van der Waals surface area contributed by atoms with E-state index in [0.717, 1.165) is 44.9 Å². The Labute approximate surface area is 120 Å². The highest BCUT2D eigenvalue weighted by Gasteiger charge is 2.43. The van der Waals surface area contributed by atoms with Crippen LogP contribution < -0.4 is 10.6 Å². The molecular formula is C15H26N2O3. The number of urea groups is 1. The number of carboxylic acids is 1. The molecule has 0 aliphatic heterocycles. The number of carbonyl (C=O) groups excluding carboxylic acids is 1. The fourth-order valence-corrected chi connectivity index (χ4v) is 3.48. The molecule has 114 valence electrons. The van der Waals surface area contributed by atoms with E-state index < -0.39 is 11.5 Å². The van der Waals surface area contributed by atoms with Crippen LogP contribution in [-0.2, 0) is 4.79 Å². The van der Waals surface area contributed by atoms with Crippen LogP contribution in [-0.4, -0.2) is 28.7 Å². The molecule has 5 nitrogen and oxygen atoms in total. The zero-order valence-corrected chi connectivity index (χ0v) is 12.3. The first-order valence-electron chi connectivity index (χ1n) is 7.88. The van der Waals surface area contributed by atoms with Crippen molar-refractivity contribution in [2.24, 2.45) is 5.92 Å². The Kier molecular flexibility index (Phi) is 4.89. The van der Waals surface area contributed by atoms with E-state index in [1.807, 2.05) is 0 Å². The van der Waals surface area contributed by atoms with Gasteiger partial charge in [-0.2, -0.15) is 0 Å². The molecule has 2 amide bonds. The summed E-state index contributed by atoms with van der Waals surface area (Å²) < 4.78 is 0. The van der Waals surface area contributed by atoms with Crippen LogP contribution in [0.4, 0.5) is 4.79 Å². The number of carbonyl (C=O) groups is 2. The molecule has 0 bridgehead atoms. The molecule has 2 fully saturated rings. The molecule has 20 heavy (non-hydrogen) atoms. The van der Waals surface area contributed by atoms with E-state index in [4.69, 9.17) is 0 Å². The molecule has 0 radical (unpaired) electrons. The van der Waals surface area contributed by atoms with Crippen LogP contribution in [0.1, 0.15) is 64.7 Å². The molecule has 0 aromatic rings. The number of rotatable bonds is 4. The molecule has 2 rings (SSSR count). The Bertz CT molecular complexity index is 356. The largest absolute Gasteiger partial charge is 0.480 e. The fourth-order valence-electron chi connectivity index (χ4n) is 3.48. The second-order valence-corrected chi connectivity index (χ2v) is 6.32. The molecule has 5 heteroatoms. The van der Waals surface area contributed by atoms with Crippen molar-refractivity contribution >= 4 is 12.0 Å². The van der Waals surface area contributed by atoms with Crippen molar-refractivity contribution < 1.29 is 14.7 Å². The minimum Gasteiger partial charge on any atom is -0.480 e. The van der Waals surface area contributed by atoms with E-state index in [1.54, 1.807) is 0 Å². The van der Waals surface area contributed by atoms with E-state index in [9.17, 15) is 14.7 Å². The maximum atomic E-state index is 12.0. The van der Waals surface area contributed by atoms with Gasteiger partial charge in [-0.15, -0.1) is 0 Å². The number of carboxylic acid groups (broad SMARTS) is 1. The van der Waals surface area contributed by atoms with Crippen LogP contribution in [0.2, 0.25) is 0 Å². The molecule has 2 aliphatic carbocycles. The number of amides is 2. The van der Waals surface area contributed by atoms with Gasteiger partial charge in [0.15, 0.2) is 0 Å². The molecule has 0 heterocycles. The van der Waals surface area contributed by atoms with E-state index in [0.29, 0.717) is 18.8 Å². The average Bonchev–Trinajstić information content (AvgIpc) is 2.92. The van der Waals surface area contributed by atoms with Gasteiger partial charge in [0, 0.05) is 6.04 Å². The first-order valence-corrected chi connectivity index (χ1v) is 7.88. The lowest BCUT2D eigenvalue weighted by Gasteiger charge is -2.37. The van der Waals surface area contributed by atoms with E-state index >= 15 is 0 Å². The average molecular weight is 282 g/mol. The molecular weight excluding hydrogens is 256 g/mol. The standard InChI is InChI=1S/C15H26N2O3/c1-2-11-7-9-15(10-8-11,13(18)19)17-14(20)16-12-5-3-4-6-12/h11-12H,2-10H2,1H3,(H,18,19)(H2,16,17,20). The number of aliphatic carboxylic acids is 1. The number of nitrogens with one attached hydrogen (secondary N) is 2. The van der Waals surface area contributed by atoms with Crippen molar-refractivity contribution in [3.63, 3.8) is 0 Å². The SMILES string of the molecule is CCC1CCC(NC(=O)NC2CCCC2)(C(=O)O)CC1. The normalized spacial score (nSPS) is 30.9. The molecule has 2 aliphatic rings. The highest BCUT2D eigenvalue weighted by molar-refractivity contribution is 5.86. The summed E-state index contributed by atoms with van der Waals surface area (Å²) in [5, 5.41) is 15.2. The van der Waals surface area contributed by atoms with Gasteiger partial charge in [0.25, 0.3) is 0 Å². The van der Waals surface area contributed by atoms with Gasteiger partial charge in [-0.3, -0.25) is 0 Å². The maximum Gasteiger partial charge on any atom is 0.329 e. The van der Waals surface area contributed by atoms with Gasteiger partial charge >= 0.3 is 12.0 Å². The minimum absolute atomic E-state index is 0.216. The predicted octanol–water partition coefficient (Wildman–Crippen LogP) is 2.65. The van der Waals surface area contributed by atoms with Crippen molar-refractivity contribution in [2.75, 3.05) is 0 Å². The molecule has 0 spiro atoms. The predicted molar refractivity (Wildman–Crippen MR) is 76.5 cm³/mol. The second kappa shape index (κ2) is 6.46. The zero-order valence-electron chi connectivity index (χ0n) is 12.3. The van der Waals surface area contributed by atoms with Crippen molar-refractivity contribution in [2.45, 2.75) is 76.3 Å². The van der Waals surface area contributed by atoms with Crippen molar-refractivity contribution in [1.29, 1.82) is 0 Å². The third kappa shape index (κ3) is 3.44. The summed E-state index contributed by atoms with van der Waals surface area (Å²) >= 11 is 0. The molecule has 0 unspecified atom stereocenters. The van der Waals surface area contributed by atoms with E-state index in [1.165, 1.54) is 0 Å². The van der Waals surface area contributed by atoms with Crippen LogP contribution >= 0.6 is 0 Å². The zero-order chi connectivity index (χ0) is 14.6. The third-order valence-corrected chi connectivity index (χ3v) is 4.99. The Morgan fingerprint density at radius 3 is 2.25 bits per heavy atom. The van der Waals surface area contributed by atoms with E-state index in [2.05, 4.69) is 17.6 Å². The maximum absolute atomic E-state index is 12.0. The molecule has 0 aromatic heterocycles. The first-order chi connectivity index (χ1) is 9.55. The number of hydrogen-bond donors (Lipinski definition) is 3. The van der Waals surface area contributed by atoms with Gasteiger partial charge in [-0.25, -0.2) is 9.59 Å². The van der Waals surface area contributed by atoms with Crippen molar-refractivity contribution in [3.05, 3.63) is 0 Å². The Morgan fingerprint density at radius 1 is 1.15 bits per heavy atom. The third-order valence-electron chi connectivity index (χ3n) is 4.99. The summed E-state index contributed by atoms with van der Waals surface area (Å²) in [4.78, 5) is 23.6.